The molecule has 0 radical (unpaired) electrons. The highest BCUT2D eigenvalue weighted by Crippen LogP contribution is 2.37. The van der Waals surface area contributed by atoms with Crippen molar-refractivity contribution < 1.29 is 18.0 Å². The molecule has 10 heteroatoms. The zero-order valence-electron chi connectivity index (χ0n) is 18.8. The van der Waals surface area contributed by atoms with Crippen molar-refractivity contribution in [3.8, 4) is 11.4 Å². The molecule has 0 aliphatic carbocycles. The van der Waals surface area contributed by atoms with E-state index < -0.39 is 23.7 Å². The lowest BCUT2D eigenvalue weighted by atomic mass is 10.0. The molecule has 3 aromatic rings. The van der Waals surface area contributed by atoms with Crippen LogP contribution < -0.4 is 16.0 Å². The number of fused-ring (bicyclic) bond motifs is 1. The zero-order valence-corrected chi connectivity index (χ0v) is 18.8. The molecule has 1 aliphatic rings. The van der Waals surface area contributed by atoms with Crippen LogP contribution in [0, 0.1) is 6.92 Å². The number of nitrogens with zero attached hydrogens (tertiary/aromatic N) is 3. The van der Waals surface area contributed by atoms with Gasteiger partial charge in [-0.15, -0.1) is 0 Å². The number of hydrogen-bond acceptors (Lipinski definition) is 5. The van der Waals surface area contributed by atoms with Crippen LogP contribution in [0.4, 0.5) is 18.9 Å². The monoisotopic (exact) mass is 460 g/mol. The Hall–Kier alpha value is -3.14. The number of aromatic amines is 1. The summed E-state index contributed by atoms with van der Waals surface area (Å²) in [6.45, 7) is 6.23. The predicted molar refractivity (Wildman–Crippen MR) is 121 cm³/mol. The van der Waals surface area contributed by atoms with Crippen LogP contribution in [0.3, 0.4) is 0 Å². The van der Waals surface area contributed by atoms with E-state index in [4.69, 9.17) is 10.7 Å². The quantitative estimate of drug-likeness (QED) is 0.536. The summed E-state index contributed by atoms with van der Waals surface area (Å²) in [5, 5.41) is 2.13. The van der Waals surface area contributed by atoms with Gasteiger partial charge in [0.1, 0.15) is 11.9 Å². The number of aryl methyl sites for hydroxylation is 1. The molecule has 0 saturated carbocycles. The maximum Gasteiger partial charge on any atom is 0.408 e. The number of para-hydroxylation sites is 1. The van der Waals surface area contributed by atoms with Crippen LogP contribution in [0.5, 0.6) is 0 Å². The second kappa shape index (κ2) is 8.33. The van der Waals surface area contributed by atoms with Gasteiger partial charge in [0.25, 0.3) is 5.91 Å². The molecular weight excluding hydrogens is 433 g/mol. The minimum atomic E-state index is -4.55. The molecule has 176 valence electrons. The van der Waals surface area contributed by atoms with E-state index >= 15 is 0 Å². The topological polar surface area (TPSA) is 99.9 Å². The zero-order chi connectivity index (χ0) is 24.0. The molecule has 1 unspecified atom stereocenters. The normalized spacial score (nSPS) is 19.8. The van der Waals surface area contributed by atoms with Crippen LogP contribution in [0.2, 0.25) is 0 Å². The summed E-state index contributed by atoms with van der Waals surface area (Å²) in [7, 11) is 0. The number of aromatic nitrogens is 3. The van der Waals surface area contributed by atoms with Crippen molar-refractivity contribution >= 4 is 22.6 Å². The number of halogens is 3. The molecule has 1 aliphatic heterocycles. The van der Waals surface area contributed by atoms with Gasteiger partial charge < -0.3 is 20.9 Å². The molecule has 0 spiro atoms. The summed E-state index contributed by atoms with van der Waals surface area (Å²) in [5.41, 5.74) is 9.49. The van der Waals surface area contributed by atoms with Crippen LogP contribution in [-0.4, -0.2) is 51.7 Å². The van der Waals surface area contributed by atoms with Crippen LogP contribution in [0.15, 0.2) is 30.6 Å². The van der Waals surface area contributed by atoms with Crippen molar-refractivity contribution in [1.82, 2.24) is 20.3 Å². The molecule has 4 rings (SSSR count). The van der Waals surface area contributed by atoms with Crippen LogP contribution in [0.1, 0.15) is 42.6 Å². The third-order valence-corrected chi connectivity index (χ3v) is 6.06. The maximum atomic E-state index is 13.3. The number of carbonyl (C=O) groups excluding carboxylic acids is 1. The summed E-state index contributed by atoms with van der Waals surface area (Å²) in [4.78, 5) is 27.1. The molecule has 2 aromatic heterocycles. The number of H-pyrrole nitrogens is 1. The molecule has 2 atom stereocenters. The fourth-order valence-corrected chi connectivity index (χ4v) is 4.26. The molecule has 4 N–H and O–H groups in total. The van der Waals surface area contributed by atoms with Gasteiger partial charge in [-0.3, -0.25) is 9.78 Å². The van der Waals surface area contributed by atoms with E-state index in [9.17, 15) is 18.0 Å². The molecule has 33 heavy (non-hydrogen) atoms. The summed E-state index contributed by atoms with van der Waals surface area (Å²) in [6.07, 6.45) is -1.26. The van der Waals surface area contributed by atoms with Crippen molar-refractivity contribution in [1.29, 1.82) is 0 Å². The Morgan fingerprint density at radius 1 is 1.36 bits per heavy atom. The lowest BCUT2D eigenvalue weighted by Crippen LogP contribution is -2.45. The van der Waals surface area contributed by atoms with Crippen molar-refractivity contribution in [2.75, 3.05) is 18.0 Å². The molecule has 1 fully saturated rings. The van der Waals surface area contributed by atoms with Crippen molar-refractivity contribution in [2.45, 2.75) is 51.4 Å². The molecule has 1 saturated heterocycles. The minimum absolute atomic E-state index is 0.0603. The number of benzene rings is 1. The second-order valence-electron chi connectivity index (χ2n) is 8.94. The lowest BCUT2D eigenvalue weighted by molar-refractivity contribution is -0.153. The van der Waals surface area contributed by atoms with E-state index in [1.54, 1.807) is 6.20 Å². The Labute approximate surface area is 189 Å². The maximum absolute atomic E-state index is 13.3. The van der Waals surface area contributed by atoms with Gasteiger partial charge in [0.2, 0.25) is 0 Å². The molecule has 1 amide bonds. The average Bonchev–Trinajstić information content (AvgIpc) is 3.34. The van der Waals surface area contributed by atoms with E-state index in [1.165, 1.54) is 13.1 Å². The molecule has 1 aromatic carbocycles. The summed E-state index contributed by atoms with van der Waals surface area (Å²) >= 11 is 0. The Morgan fingerprint density at radius 3 is 2.73 bits per heavy atom. The number of alkyl halides is 3. The van der Waals surface area contributed by atoms with Gasteiger partial charge in [-0.2, -0.15) is 13.2 Å². The largest absolute Gasteiger partial charge is 0.408 e. The first-order chi connectivity index (χ1) is 15.5. The van der Waals surface area contributed by atoms with E-state index in [2.05, 4.69) is 15.3 Å². The predicted octanol–water partition coefficient (Wildman–Crippen LogP) is 3.93. The van der Waals surface area contributed by atoms with Crippen molar-refractivity contribution in [3.05, 3.63) is 41.7 Å². The second-order valence-corrected chi connectivity index (χ2v) is 8.94. The highest BCUT2D eigenvalue weighted by Gasteiger charge is 2.40. The summed E-state index contributed by atoms with van der Waals surface area (Å²) in [6, 6.07) is 3.79. The number of carbonyl (C=O) groups is 1. The Morgan fingerprint density at radius 2 is 2.12 bits per heavy atom. The number of rotatable bonds is 5. The number of nitrogens with two attached hydrogens (primary N) is 1. The van der Waals surface area contributed by atoms with Crippen molar-refractivity contribution in [3.63, 3.8) is 0 Å². The SMILES string of the molecule is CCC(NC(=O)c1cncc(-c2nc3c(C)cccc3[nH]2)c1N1CC[C@](C)(N)C1)C(F)(F)F. The van der Waals surface area contributed by atoms with E-state index in [0.29, 0.717) is 36.6 Å². The Balaban J connectivity index is 1.83. The van der Waals surface area contributed by atoms with E-state index in [1.807, 2.05) is 36.9 Å². The fraction of sp³-hybridized carbons (Fsp3) is 0.435. The number of imidazole rings is 1. The van der Waals surface area contributed by atoms with Gasteiger partial charge in [0.05, 0.1) is 27.8 Å². The summed E-state index contributed by atoms with van der Waals surface area (Å²) < 4.78 is 40.0. The van der Waals surface area contributed by atoms with E-state index in [-0.39, 0.29) is 12.0 Å². The smallest absolute Gasteiger partial charge is 0.368 e. The van der Waals surface area contributed by atoms with Gasteiger partial charge >= 0.3 is 6.18 Å². The number of pyridine rings is 1. The first kappa shape index (κ1) is 23.0. The third kappa shape index (κ3) is 4.52. The van der Waals surface area contributed by atoms with Gasteiger partial charge in [0.15, 0.2) is 0 Å². The summed E-state index contributed by atoms with van der Waals surface area (Å²) in [5.74, 6) is -0.341. The first-order valence-electron chi connectivity index (χ1n) is 10.9. The van der Waals surface area contributed by atoms with Gasteiger partial charge in [0, 0.05) is 31.0 Å². The van der Waals surface area contributed by atoms with Crippen LogP contribution in [0.25, 0.3) is 22.4 Å². The molecule has 7 nitrogen and oxygen atoms in total. The Bertz CT molecular complexity index is 1190. The Kier molecular flexibility index (Phi) is 5.81. The van der Waals surface area contributed by atoms with Gasteiger partial charge in [-0.25, -0.2) is 4.98 Å². The van der Waals surface area contributed by atoms with Gasteiger partial charge in [-0.1, -0.05) is 19.1 Å². The molecular formula is C23H27F3N6O. The highest BCUT2D eigenvalue weighted by molar-refractivity contribution is 6.03. The highest BCUT2D eigenvalue weighted by atomic mass is 19.4. The average molecular weight is 461 g/mol. The third-order valence-electron chi connectivity index (χ3n) is 6.06. The number of amides is 1. The molecule has 0 bridgehead atoms. The first-order valence-corrected chi connectivity index (χ1v) is 10.9. The number of nitrogens with one attached hydrogen (secondary N) is 2. The number of hydrogen-bond donors (Lipinski definition) is 3. The minimum Gasteiger partial charge on any atom is -0.368 e. The van der Waals surface area contributed by atoms with Crippen LogP contribution >= 0.6 is 0 Å². The van der Waals surface area contributed by atoms with Gasteiger partial charge in [-0.05, 0) is 38.3 Å². The molecule has 3 heterocycles. The lowest BCUT2D eigenvalue weighted by Gasteiger charge is -2.27. The standard InChI is InChI=1S/C23H27F3N6O/c1-4-17(23(24,25)26)30-21(33)15-11-28-10-14(19(15)32-9-8-22(3,27)12-32)20-29-16-7-5-6-13(2)18(16)31-20/h5-7,10-11,17H,4,8-9,12,27H2,1-3H3,(H,29,31)(H,30,33)/t17?,22-/m0/s1. The van der Waals surface area contributed by atoms with E-state index in [0.717, 1.165) is 16.6 Å². The van der Waals surface area contributed by atoms with Crippen LogP contribution in [-0.2, 0) is 0 Å². The van der Waals surface area contributed by atoms with Crippen molar-refractivity contribution in [2.24, 2.45) is 5.73 Å². The number of anilines is 1. The fourth-order valence-electron chi connectivity index (χ4n) is 4.26.